The third kappa shape index (κ3) is 4.27. The number of hydrogen-bond donors (Lipinski definition) is 3. The van der Waals surface area contributed by atoms with Gasteiger partial charge in [-0.3, -0.25) is 9.86 Å². The zero-order valence-corrected chi connectivity index (χ0v) is 14.9. The van der Waals surface area contributed by atoms with E-state index in [-0.39, 0.29) is 0 Å². The predicted octanol–water partition coefficient (Wildman–Crippen LogP) is 4.75. The van der Waals surface area contributed by atoms with Crippen LogP contribution < -0.4 is 15.2 Å². The first-order chi connectivity index (χ1) is 11.3. The van der Waals surface area contributed by atoms with Gasteiger partial charge in [-0.15, -0.1) is 11.3 Å². The van der Waals surface area contributed by atoms with Crippen molar-refractivity contribution in [1.82, 2.24) is 9.71 Å². The van der Waals surface area contributed by atoms with Gasteiger partial charge in [-0.2, -0.15) is 0 Å². The summed E-state index contributed by atoms with van der Waals surface area (Å²) >= 11 is 4.44. The Kier molecular flexibility index (Phi) is 5.58. The predicted molar refractivity (Wildman–Crippen MR) is 102 cm³/mol. The number of aromatic nitrogens is 1. The molecule has 3 aromatic rings. The summed E-state index contributed by atoms with van der Waals surface area (Å²) in [5.41, 5.74) is 3.09. The molecule has 23 heavy (non-hydrogen) atoms. The highest BCUT2D eigenvalue weighted by atomic mass is 32.2. The molecule has 0 amide bonds. The first-order valence-corrected chi connectivity index (χ1v) is 9.49. The van der Waals surface area contributed by atoms with Gasteiger partial charge in [-0.1, -0.05) is 12.1 Å². The van der Waals surface area contributed by atoms with Crippen LogP contribution in [0.25, 0.3) is 11.3 Å². The Morgan fingerprint density at radius 1 is 1.00 bits per heavy atom. The smallest absolute Gasteiger partial charge is 0.187 e. The van der Waals surface area contributed by atoms with Crippen molar-refractivity contribution >= 4 is 46.1 Å². The number of nitrogens with two attached hydrogens (primary N) is 1. The van der Waals surface area contributed by atoms with E-state index in [0.717, 1.165) is 27.0 Å². The first-order valence-electron chi connectivity index (χ1n) is 6.92. The van der Waals surface area contributed by atoms with Crippen LogP contribution in [0, 0.1) is 0 Å². The quantitative estimate of drug-likeness (QED) is 0.552. The zero-order valence-electron chi connectivity index (χ0n) is 12.4. The van der Waals surface area contributed by atoms with Crippen molar-refractivity contribution < 1.29 is 0 Å². The summed E-state index contributed by atoms with van der Waals surface area (Å²) in [7, 11) is 1.91. The molecule has 0 aliphatic rings. The molecule has 0 saturated carbocycles. The minimum atomic E-state index is 0.881. The number of anilines is 2. The summed E-state index contributed by atoms with van der Waals surface area (Å²) < 4.78 is 3.06. The van der Waals surface area contributed by atoms with Gasteiger partial charge in [0.25, 0.3) is 0 Å². The molecule has 7 heteroatoms. The van der Waals surface area contributed by atoms with Crippen molar-refractivity contribution in [3.63, 3.8) is 0 Å². The molecule has 0 aliphatic heterocycles. The van der Waals surface area contributed by atoms with Crippen LogP contribution in [0.3, 0.4) is 0 Å². The minimum Gasteiger partial charge on any atom is -0.332 e. The van der Waals surface area contributed by atoms with Crippen LogP contribution in [0.15, 0.2) is 63.7 Å². The van der Waals surface area contributed by atoms with E-state index in [1.807, 2.05) is 43.4 Å². The van der Waals surface area contributed by atoms with Crippen LogP contribution in [0.5, 0.6) is 0 Å². The molecular weight excluding hydrogens is 344 g/mol. The maximum atomic E-state index is 5.55. The van der Waals surface area contributed by atoms with Crippen molar-refractivity contribution in [3.05, 3.63) is 53.9 Å². The van der Waals surface area contributed by atoms with Crippen LogP contribution in [-0.4, -0.2) is 12.0 Å². The Balaban J connectivity index is 1.71. The maximum absolute atomic E-state index is 5.55. The van der Waals surface area contributed by atoms with Gasteiger partial charge in [0.1, 0.15) is 0 Å². The Morgan fingerprint density at radius 2 is 1.70 bits per heavy atom. The van der Waals surface area contributed by atoms with E-state index in [0.29, 0.717) is 0 Å². The van der Waals surface area contributed by atoms with E-state index in [4.69, 9.17) is 5.14 Å². The molecule has 3 rings (SSSR count). The lowest BCUT2D eigenvalue weighted by Crippen LogP contribution is -1.92. The van der Waals surface area contributed by atoms with Gasteiger partial charge in [-0.25, -0.2) is 4.98 Å². The number of nitrogens with zero attached hydrogens (tertiary/aromatic N) is 1. The summed E-state index contributed by atoms with van der Waals surface area (Å²) in [6.45, 7) is 0. The lowest BCUT2D eigenvalue weighted by atomic mass is 10.2. The van der Waals surface area contributed by atoms with E-state index in [1.54, 1.807) is 23.3 Å². The van der Waals surface area contributed by atoms with Gasteiger partial charge in [-0.05, 0) is 67.3 Å². The highest BCUT2D eigenvalue weighted by Gasteiger charge is 2.05. The number of nitrogens with one attached hydrogen (secondary N) is 2. The second-order valence-electron chi connectivity index (χ2n) is 4.64. The van der Waals surface area contributed by atoms with Gasteiger partial charge in [0.15, 0.2) is 5.13 Å². The molecule has 0 spiro atoms. The molecule has 118 valence electrons. The lowest BCUT2D eigenvalue weighted by Gasteiger charge is -2.04. The molecule has 0 unspecified atom stereocenters. The highest BCUT2D eigenvalue weighted by Crippen LogP contribution is 2.28. The van der Waals surface area contributed by atoms with Crippen molar-refractivity contribution in [2.45, 2.75) is 9.79 Å². The van der Waals surface area contributed by atoms with Gasteiger partial charge in [0.2, 0.25) is 0 Å². The second kappa shape index (κ2) is 7.85. The van der Waals surface area contributed by atoms with E-state index in [9.17, 15) is 0 Å². The van der Waals surface area contributed by atoms with Gasteiger partial charge in [0.05, 0.1) is 5.69 Å². The molecule has 2 aromatic carbocycles. The summed E-state index contributed by atoms with van der Waals surface area (Å²) in [6, 6.07) is 16.3. The van der Waals surface area contributed by atoms with Gasteiger partial charge < -0.3 is 5.32 Å². The standard InChI is InChI=1S/C16H16N4S3/c1-18-23-14-8-4-12(5-9-14)19-16-20-15(10-21-16)11-2-6-13(22-17)7-3-11/h2-10,18H,17H2,1H3,(H,19,20). The number of rotatable bonds is 6. The van der Waals surface area contributed by atoms with Crippen LogP contribution in [0.1, 0.15) is 0 Å². The summed E-state index contributed by atoms with van der Waals surface area (Å²) in [5, 5.41) is 11.8. The van der Waals surface area contributed by atoms with E-state index < -0.39 is 0 Å². The average Bonchev–Trinajstić information content (AvgIpc) is 3.05. The van der Waals surface area contributed by atoms with E-state index in [1.165, 1.54) is 16.8 Å². The largest absolute Gasteiger partial charge is 0.332 e. The molecule has 0 fully saturated rings. The van der Waals surface area contributed by atoms with Gasteiger partial charge >= 0.3 is 0 Å². The van der Waals surface area contributed by atoms with Crippen LogP contribution in [0.4, 0.5) is 10.8 Å². The van der Waals surface area contributed by atoms with Crippen LogP contribution in [0.2, 0.25) is 0 Å². The van der Waals surface area contributed by atoms with Crippen LogP contribution in [-0.2, 0) is 0 Å². The molecule has 0 atom stereocenters. The fraction of sp³-hybridized carbons (Fsp3) is 0.0625. The number of thiazole rings is 1. The summed E-state index contributed by atoms with van der Waals surface area (Å²) in [4.78, 5) is 6.86. The molecule has 0 aliphatic carbocycles. The molecule has 1 aromatic heterocycles. The zero-order chi connectivity index (χ0) is 16.1. The SMILES string of the molecule is CNSc1ccc(Nc2nc(-c3ccc(SN)cc3)cs2)cc1. The third-order valence-corrected chi connectivity index (χ3v) is 5.13. The molecule has 0 radical (unpaired) electrons. The Hall–Kier alpha value is -1.51. The summed E-state index contributed by atoms with van der Waals surface area (Å²) in [6.07, 6.45) is 0. The highest BCUT2D eigenvalue weighted by molar-refractivity contribution is 7.97. The maximum Gasteiger partial charge on any atom is 0.187 e. The number of hydrogen-bond acceptors (Lipinski definition) is 7. The molecule has 0 saturated heterocycles. The Labute approximate surface area is 148 Å². The van der Waals surface area contributed by atoms with Crippen molar-refractivity contribution in [3.8, 4) is 11.3 Å². The Morgan fingerprint density at radius 3 is 2.35 bits per heavy atom. The normalized spacial score (nSPS) is 10.7. The van der Waals surface area contributed by atoms with Crippen molar-refractivity contribution in [2.24, 2.45) is 5.14 Å². The minimum absolute atomic E-state index is 0.881. The topological polar surface area (TPSA) is 63.0 Å². The monoisotopic (exact) mass is 360 g/mol. The summed E-state index contributed by atoms with van der Waals surface area (Å²) in [5.74, 6) is 0. The first kappa shape index (κ1) is 16.4. The lowest BCUT2D eigenvalue weighted by molar-refractivity contribution is 1.28. The third-order valence-electron chi connectivity index (χ3n) is 3.12. The van der Waals surface area contributed by atoms with E-state index >= 15 is 0 Å². The average molecular weight is 361 g/mol. The molecule has 4 nitrogen and oxygen atoms in total. The van der Waals surface area contributed by atoms with Gasteiger partial charge in [0, 0.05) is 26.4 Å². The number of benzene rings is 2. The second-order valence-corrected chi connectivity index (χ2v) is 7.28. The van der Waals surface area contributed by atoms with E-state index in [2.05, 4.69) is 32.5 Å². The van der Waals surface area contributed by atoms with Crippen LogP contribution >= 0.6 is 35.2 Å². The molecular formula is C16H16N4S3. The fourth-order valence-electron chi connectivity index (χ4n) is 2.02. The van der Waals surface area contributed by atoms with Crippen molar-refractivity contribution in [1.29, 1.82) is 0 Å². The molecule has 0 bridgehead atoms. The molecule has 1 heterocycles. The fourth-order valence-corrected chi connectivity index (χ4v) is 3.56. The molecule has 4 N–H and O–H groups in total. The van der Waals surface area contributed by atoms with Crippen molar-refractivity contribution in [2.75, 3.05) is 12.4 Å². The Bertz CT molecular complexity index is 754.